The minimum Gasteiger partial charge on any atom is -0.364 e. The molecular weight excluding hydrogens is 262 g/mol. The molecule has 4 heteroatoms. The Labute approximate surface area is 122 Å². The van der Waals surface area contributed by atoms with E-state index in [0.29, 0.717) is 0 Å². The number of primary amides is 1. The number of benzene rings is 1. The Morgan fingerprint density at radius 2 is 1.86 bits per heavy atom. The summed E-state index contributed by atoms with van der Waals surface area (Å²) in [7, 11) is 0. The highest BCUT2D eigenvalue weighted by atomic mass is 16.1. The van der Waals surface area contributed by atoms with Crippen molar-refractivity contribution in [2.45, 2.75) is 12.8 Å². The SMILES string of the molecule is CC(c1ccccc1)c1cncc2ccc(C(N)=O)nc12. The molecule has 2 heterocycles. The molecule has 0 spiro atoms. The van der Waals surface area contributed by atoms with Crippen LogP contribution in [-0.4, -0.2) is 15.9 Å². The first kappa shape index (κ1) is 13.2. The van der Waals surface area contributed by atoms with E-state index in [9.17, 15) is 4.79 Å². The van der Waals surface area contributed by atoms with Crippen molar-refractivity contribution < 1.29 is 4.79 Å². The summed E-state index contributed by atoms with van der Waals surface area (Å²) in [6.45, 7) is 2.10. The molecule has 0 aliphatic rings. The molecule has 0 bridgehead atoms. The molecule has 0 aliphatic heterocycles. The van der Waals surface area contributed by atoms with Gasteiger partial charge >= 0.3 is 0 Å². The second-order valence-electron chi connectivity index (χ2n) is 4.99. The maximum Gasteiger partial charge on any atom is 0.267 e. The zero-order valence-corrected chi connectivity index (χ0v) is 11.7. The molecule has 3 aromatic rings. The van der Waals surface area contributed by atoms with Crippen molar-refractivity contribution in [1.82, 2.24) is 9.97 Å². The molecule has 0 saturated heterocycles. The lowest BCUT2D eigenvalue weighted by atomic mass is 9.93. The minimum atomic E-state index is -0.521. The van der Waals surface area contributed by atoms with Gasteiger partial charge in [0.05, 0.1) is 5.52 Å². The Hall–Kier alpha value is -2.75. The Kier molecular flexibility index (Phi) is 3.36. The van der Waals surface area contributed by atoms with Crippen LogP contribution in [0.1, 0.15) is 34.5 Å². The first-order valence-electron chi connectivity index (χ1n) is 6.76. The number of nitrogens with two attached hydrogens (primary N) is 1. The average Bonchev–Trinajstić information content (AvgIpc) is 2.54. The standard InChI is InChI=1S/C17H15N3O/c1-11(12-5-3-2-4-6-12)14-10-19-9-13-7-8-15(17(18)21)20-16(13)14/h2-11H,1H3,(H2,18,21). The Morgan fingerprint density at radius 3 is 2.57 bits per heavy atom. The Balaban J connectivity index is 2.18. The van der Waals surface area contributed by atoms with Crippen molar-refractivity contribution in [3.8, 4) is 0 Å². The summed E-state index contributed by atoms with van der Waals surface area (Å²) < 4.78 is 0. The third-order valence-corrected chi connectivity index (χ3v) is 3.65. The van der Waals surface area contributed by atoms with Gasteiger partial charge in [-0.2, -0.15) is 0 Å². The van der Waals surface area contributed by atoms with Crippen LogP contribution >= 0.6 is 0 Å². The largest absolute Gasteiger partial charge is 0.364 e. The van der Waals surface area contributed by atoms with Gasteiger partial charge in [-0.1, -0.05) is 37.3 Å². The van der Waals surface area contributed by atoms with Crippen LogP contribution < -0.4 is 5.73 Å². The van der Waals surface area contributed by atoms with E-state index in [4.69, 9.17) is 5.73 Å². The zero-order valence-electron chi connectivity index (χ0n) is 11.7. The maximum atomic E-state index is 11.3. The van der Waals surface area contributed by atoms with E-state index in [0.717, 1.165) is 16.5 Å². The van der Waals surface area contributed by atoms with Gasteiger partial charge < -0.3 is 5.73 Å². The second kappa shape index (κ2) is 5.32. The van der Waals surface area contributed by atoms with Crippen LogP contribution in [0, 0.1) is 0 Å². The lowest BCUT2D eigenvalue weighted by Crippen LogP contribution is -2.13. The minimum absolute atomic E-state index is 0.137. The van der Waals surface area contributed by atoms with Crippen molar-refractivity contribution in [1.29, 1.82) is 0 Å². The highest BCUT2D eigenvalue weighted by Crippen LogP contribution is 2.28. The number of nitrogens with zero attached hydrogens (tertiary/aromatic N) is 2. The summed E-state index contributed by atoms with van der Waals surface area (Å²) in [6, 6.07) is 13.6. The van der Waals surface area contributed by atoms with Crippen LogP contribution in [0.25, 0.3) is 10.9 Å². The lowest BCUT2D eigenvalue weighted by Gasteiger charge is -2.14. The maximum absolute atomic E-state index is 11.3. The molecule has 1 amide bonds. The molecule has 0 saturated carbocycles. The summed E-state index contributed by atoms with van der Waals surface area (Å²) in [6.07, 6.45) is 3.55. The second-order valence-corrected chi connectivity index (χ2v) is 4.99. The summed E-state index contributed by atoms with van der Waals surface area (Å²) in [5.41, 5.74) is 8.54. The molecular formula is C17H15N3O. The Morgan fingerprint density at radius 1 is 1.10 bits per heavy atom. The number of hydrogen-bond acceptors (Lipinski definition) is 3. The average molecular weight is 277 g/mol. The van der Waals surface area contributed by atoms with Gasteiger partial charge in [0.1, 0.15) is 5.69 Å². The van der Waals surface area contributed by atoms with E-state index in [2.05, 4.69) is 29.0 Å². The van der Waals surface area contributed by atoms with Gasteiger partial charge in [0.2, 0.25) is 0 Å². The monoisotopic (exact) mass is 277 g/mol. The topological polar surface area (TPSA) is 68.9 Å². The summed E-state index contributed by atoms with van der Waals surface area (Å²) >= 11 is 0. The fraction of sp³-hybridized carbons (Fsp3) is 0.118. The van der Waals surface area contributed by atoms with Gasteiger partial charge in [0.15, 0.2) is 0 Å². The molecule has 4 nitrogen and oxygen atoms in total. The van der Waals surface area contributed by atoms with Gasteiger partial charge in [-0.25, -0.2) is 4.98 Å². The van der Waals surface area contributed by atoms with Crippen molar-refractivity contribution in [2.24, 2.45) is 5.73 Å². The van der Waals surface area contributed by atoms with E-state index in [1.54, 1.807) is 18.5 Å². The van der Waals surface area contributed by atoms with Crippen molar-refractivity contribution >= 4 is 16.8 Å². The molecule has 2 N–H and O–H groups in total. The molecule has 3 rings (SSSR count). The van der Waals surface area contributed by atoms with Gasteiger partial charge in [-0.3, -0.25) is 9.78 Å². The predicted molar refractivity (Wildman–Crippen MR) is 82.0 cm³/mol. The quantitative estimate of drug-likeness (QED) is 0.800. The van der Waals surface area contributed by atoms with E-state index >= 15 is 0 Å². The van der Waals surface area contributed by atoms with E-state index in [-0.39, 0.29) is 11.6 Å². The third kappa shape index (κ3) is 2.48. The molecule has 1 atom stereocenters. The normalized spacial score (nSPS) is 12.2. The molecule has 21 heavy (non-hydrogen) atoms. The summed E-state index contributed by atoms with van der Waals surface area (Å²) in [5.74, 6) is -0.384. The van der Waals surface area contributed by atoms with Crippen molar-refractivity contribution in [3.05, 3.63) is 71.7 Å². The van der Waals surface area contributed by atoms with Crippen LogP contribution in [0.5, 0.6) is 0 Å². The smallest absolute Gasteiger partial charge is 0.267 e. The number of carbonyl (C=O) groups excluding carboxylic acids is 1. The van der Waals surface area contributed by atoms with E-state index in [1.807, 2.05) is 24.3 Å². The number of carbonyl (C=O) groups is 1. The molecule has 0 fully saturated rings. The van der Waals surface area contributed by atoms with Gasteiger partial charge in [0.25, 0.3) is 5.91 Å². The number of aromatic nitrogens is 2. The fourth-order valence-corrected chi connectivity index (χ4v) is 2.44. The van der Waals surface area contributed by atoms with Gasteiger partial charge in [0, 0.05) is 29.3 Å². The van der Waals surface area contributed by atoms with Crippen LogP contribution in [0.2, 0.25) is 0 Å². The molecule has 1 unspecified atom stereocenters. The number of pyridine rings is 2. The number of amides is 1. The van der Waals surface area contributed by atoms with Gasteiger partial charge in [-0.15, -0.1) is 0 Å². The van der Waals surface area contributed by atoms with Gasteiger partial charge in [-0.05, 0) is 17.7 Å². The molecule has 0 aliphatic carbocycles. The fourth-order valence-electron chi connectivity index (χ4n) is 2.44. The molecule has 104 valence electrons. The third-order valence-electron chi connectivity index (χ3n) is 3.65. The number of hydrogen-bond donors (Lipinski definition) is 1. The number of fused-ring (bicyclic) bond motifs is 1. The molecule has 0 radical (unpaired) electrons. The first-order valence-corrected chi connectivity index (χ1v) is 6.76. The van der Waals surface area contributed by atoms with Crippen LogP contribution in [0.4, 0.5) is 0 Å². The predicted octanol–water partition coefficient (Wildman–Crippen LogP) is 2.88. The first-order chi connectivity index (χ1) is 10.2. The van der Waals surface area contributed by atoms with Crippen molar-refractivity contribution in [2.75, 3.05) is 0 Å². The summed E-state index contributed by atoms with van der Waals surface area (Å²) in [4.78, 5) is 20.0. The number of rotatable bonds is 3. The highest BCUT2D eigenvalue weighted by molar-refractivity contribution is 5.94. The van der Waals surface area contributed by atoms with E-state index < -0.39 is 5.91 Å². The summed E-state index contributed by atoms with van der Waals surface area (Å²) in [5, 5.41) is 0.903. The lowest BCUT2D eigenvalue weighted by molar-refractivity contribution is 0.0996. The van der Waals surface area contributed by atoms with Crippen molar-refractivity contribution in [3.63, 3.8) is 0 Å². The highest BCUT2D eigenvalue weighted by Gasteiger charge is 2.14. The van der Waals surface area contributed by atoms with Crippen LogP contribution in [0.3, 0.4) is 0 Å². The van der Waals surface area contributed by atoms with E-state index in [1.165, 1.54) is 5.56 Å². The molecule has 2 aromatic heterocycles. The molecule has 1 aromatic carbocycles. The van der Waals surface area contributed by atoms with Crippen LogP contribution in [-0.2, 0) is 0 Å². The van der Waals surface area contributed by atoms with Crippen LogP contribution in [0.15, 0.2) is 54.9 Å². The zero-order chi connectivity index (χ0) is 14.8. The Bertz CT molecular complexity index is 799.